The summed E-state index contributed by atoms with van der Waals surface area (Å²) < 4.78 is 12.9. The van der Waals surface area contributed by atoms with E-state index in [0.717, 1.165) is 0 Å². The zero-order valence-corrected chi connectivity index (χ0v) is 18.4. The SMILES string of the molecule is O=C(NCCCC(=O)N1CCCN(C(=O)Nc2cccc(Cl)c2)CC1)c1ccc(F)cc1. The first-order valence-corrected chi connectivity index (χ1v) is 10.9. The second-order valence-electron chi connectivity index (χ2n) is 7.53. The van der Waals surface area contributed by atoms with Crippen LogP contribution >= 0.6 is 11.6 Å². The third kappa shape index (κ3) is 6.95. The Kier molecular flexibility index (Phi) is 8.44. The first-order chi connectivity index (χ1) is 15.4. The molecule has 2 aromatic rings. The predicted molar refractivity (Wildman–Crippen MR) is 121 cm³/mol. The lowest BCUT2D eigenvalue weighted by Gasteiger charge is -2.22. The summed E-state index contributed by atoms with van der Waals surface area (Å²) in [5.41, 5.74) is 1.00. The standard InChI is InChI=1S/C23H26ClFN4O3/c24-18-4-1-5-20(16-18)27-23(32)29-13-3-12-28(14-15-29)21(30)6-2-11-26-22(31)17-7-9-19(25)10-8-17/h1,4-5,7-10,16H,2-3,6,11-15H2,(H,26,31)(H,27,32). The van der Waals surface area contributed by atoms with Crippen molar-refractivity contribution in [2.24, 2.45) is 0 Å². The maximum atomic E-state index is 12.9. The van der Waals surface area contributed by atoms with Crippen LogP contribution in [0.4, 0.5) is 14.9 Å². The maximum Gasteiger partial charge on any atom is 0.321 e. The van der Waals surface area contributed by atoms with Crippen LogP contribution in [0.5, 0.6) is 0 Å². The number of carbonyl (C=O) groups excluding carboxylic acids is 3. The van der Waals surface area contributed by atoms with Crippen molar-refractivity contribution < 1.29 is 18.8 Å². The van der Waals surface area contributed by atoms with Crippen LogP contribution in [0.25, 0.3) is 0 Å². The van der Waals surface area contributed by atoms with Crippen molar-refractivity contribution in [2.45, 2.75) is 19.3 Å². The number of benzene rings is 2. The molecule has 2 N–H and O–H groups in total. The molecule has 32 heavy (non-hydrogen) atoms. The number of nitrogens with zero attached hydrogens (tertiary/aromatic N) is 2. The Morgan fingerprint density at radius 1 is 0.969 bits per heavy atom. The Morgan fingerprint density at radius 2 is 1.69 bits per heavy atom. The molecular formula is C23H26ClFN4O3. The minimum absolute atomic E-state index is 0.00173. The Balaban J connectivity index is 1.38. The van der Waals surface area contributed by atoms with E-state index in [2.05, 4.69) is 10.6 Å². The molecule has 0 saturated carbocycles. The van der Waals surface area contributed by atoms with Gasteiger partial charge in [0.05, 0.1) is 0 Å². The summed E-state index contributed by atoms with van der Waals surface area (Å²) in [4.78, 5) is 40.5. The Labute approximate surface area is 191 Å². The summed E-state index contributed by atoms with van der Waals surface area (Å²) in [5, 5.41) is 6.11. The number of nitrogens with one attached hydrogen (secondary N) is 2. The highest BCUT2D eigenvalue weighted by molar-refractivity contribution is 6.30. The molecule has 3 rings (SSSR count). The topological polar surface area (TPSA) is 81.8 Å². The van der Waals surface area contributed by atoms with Crippen LogP contribution in [0.15, 0.2) is 48.5 Å². The number of urea groups is 1. The number of rotatable bonds is 6. The van der Waals surface area contributed by atoms with Crippen molar-refractivity contribution >= 4 is 35.1 Å². The highest BCUT2D eigenvalue weighted by Gasteiger charge is 2.22. The van der Waals surface area contributed by atoms with E-state index in [-0.39, 0.29) is 17.8 Å². The zero-order valence-electron chi connectivity index (χ0n) is 17.7. The van der Waals surface area contributed by atoms with E-state index in [9.17, 15) is 18.8 Å². The summed E-state index contributed by atoms with van der Waals surface area (Å²) in [7, 11) is 0. The van der Waals surface area contributed by atoms with Crippen molar-refractivity contribution in [2.75, 3.05) is 38.0 Å². The fraction of sp³-hybridized carbons (Fsp3) is 0.348. The van der Waals surface area contributed by atoms with Gasteiger partial charge in [-0.05, 0) is 55.3 Å². The molecule has 1 heterocycles. The molecule has 1 aliphatic heterocycles. The molecule has 0 aliphatic carbocycles. The third-order valence-electron chi connectivity index (χ3n) is 5.17. The van der Waals surface area contributed by atoms with Crippen molar-refractivity contribution in [3.8, 4) is 0 Å². The molecular weight excluding hydrogens is 435 g/mol. The van der Waals surface area contributed by atoms with E-state index in [1.165, 1.54) is 24.3 Å². The van der Waals surface area contributed by atoms with E-state index in [1.54, 1.807) is 34.1 Å². The highest BCUT2D eigenvalue weighted by atomic mass is 35.5. The van der Waals surface area contributed by atoms with Gasteiger partial charge in [-0.2, -0.15) is 0 Å². The molecule has 4 amide bonds. The Morgan fingerprint density at radius 3 is 2.44 bits per heavy atom. The molecule has 0 radical (unpaired) electrons. The second kappa shape index (κ2) is 11.5. The van der Waals surface area contributed by atoms with Crippen molar-refractivity contribution in [3.63, 3.8) is 0 Å². The summed E-state index contributed by atoms with van der Waals surface area (Å²) in [6, 6.07) is 12.0. The van der Waals surface area contributed by atoms with E-state index >= 15 is 0 Å². The van der Waals surface area contributed by atoms with Crippen LogP contribution in [-0.4, -0.2) is 60.4 Å². The molecule has 1 aliphatic rings. The van der Waals surface area contributed by atoms with Gasteiger partial charge in [0.2, 0.25) is 5.91 Å². The van der Waals surface area contributed by atoms with Crippen LogP contribution in [-0.2, 0) is 4.79 Å². The van der Waals surface area contributed by atoms with Gasteiger partial charge in [-0.15, -0.1) is 0 Å². The number of halogens is 2. The fourth-order valence-electron chi connectivity index (χ4n) is 3.44. The molecule has 0 atom stereocenters. The molecule has 1 saturated heterocycles. The first kappa shape index (κ1) is 23.5. The molecule has 170 valence electrons. The fourth-order valence-corrected chi connectivity index (χ4v) is 3.63. The molecule has 0 bridgehead atoms. The van der Waals surface area contributed by atoms with E-state index in [0.29, 0.717) is 68.3 Å². The predicted octanol–water partition coefficient (Wildman–Crippen LogP) is 3.76. The van der Waals surface area contributed by atoms with E-state index < -0.39 is 5.82 Å². The normalized spacial score (nSPS) is 13.9. The number of anilines is 1. The number of carbonyl (C=O) groups is 3. The zero-order chi connectivity index (χ0) is 22.9. The maximum absolute atomic E-state index is 12.9. The van der Waals surface area contributed by atoms with Gasteiger partial charge < -0.3 is 20.4 Å². The van der Waals surface area contributed by atoms with Gasteiger partial charge in [-0.25, -0.2) is 9.18 Å². The highest BCUT2D eigenvalue weighted by Crippen LogP contribution is 2.16. The van der Waals surface area contributed by atoms with Crippen LogP contribution in [0.1, 0.15) is 29.6 Å². The van der Waals surface area contributed by atoms with Gasteiger partial charge in [0, 0.05) is 55.4 Å². The lowest BCUT2D eigenvalue weighted by molar-refractivity contribution is -0.131. The van der Waals surface area contributed by atoms with Crippen molar-refractivity contribution in [1.29, 1.82) is 0 Å². The minimum Gasteiger partial charge on any atom is -0.352 e. The molecule has 1 fully saturated rings. The molecule has 9 heteroatoms. The van der Waals surface area contributed by atoms with Gasteiger partial charge in [-0.3, -0.25) is 9.59 Å². The number of amides is 4. The van der Waals surface area contributed by atoms with Crippen LogP contribution in [0.3, 0.4) is 0 Å². The Hall–Kier alpha value is -3.13. The smallest absolute Gasteiger partial charge is 0.321 e. The largest absolute Gasteiger partial charge is 0.352 e. The number of hydrogen-bond donors (Lipinski definition) is 2. The minimum atomic E-state index is -0.398. The van der Waals surface area contributed by atoms with Crippen LogP contribution in [0.2, 0.25) is 5.02 Å². The van der Waals surface area contributed by atoms with E-state index in [1.807, 2.05) is 0 Å². The van der Waals surface area contributed by atoms with Crippen molar-refractivity contribution in [3.05, 3.63) is 64.9 Å². The van der Waals surface area contributed by atoms with Gasteiger partial charge in [0.15, 0.2) is 0 Å². The molecule has 0 aromatic heterocycles. The molecule has 7 nitrogen and oxygen atoms in total. The first-order valence-electron chi connectivity index (χ1n) is 10.6. The number of hydrogen-bond acceptors (Lipinski definition) is 3. The van der Waals surface area contributed by atoms with Crippen LogP contribution in [0, 0.1) is 5.82 Å². The average Bonchev–Trinajstić information content (AvgIpc) is 3.03. The van der Waals surface area contributed by atoms with Gasteiger partial charge in [-0.1, -0.05) is 17.7 Å². The van der Waals surface area contributed by atoms with Gasteiger partial charge in [0.25, 0.3) is 5.91 Å². The van der Waals surface area contributed by atoms with E-state index in [4.69, 9.17) is 11.6 Å². The summed E-state index contributed by atoms with van der Waals surface area (Å²) in [6.45, 7) is 2.40. The molecule has 2 aromatic carbocycles. The molecule has 0 spiro atoms. The Bertz CT molecular complexity index is 955. The lowest BCUT2D eigenvalue weighted by atomic mass is 10.2. The monoisotopic (exact) mass is 460 g/mol. The second-order valence-corrected chi connectivity index (χ2v) is 7.96. The quantitative estimate of drug-likeness (QED) is 0.644. The van der Waals surface area contributed by atoms with Crippen molar-refractivity contribution in [1.82, 2.24) is 15.1 Å². The summed E-state index contributed by atoms with van der Waals surface area (Å²) in [5.74, 6) is -0.697. The van der Waals surface area contributed by atoms with Crippen LogP contribution < -0.4 is 10.6 Å². The van der Waals surface area contributed by atoms with Gasteiger partial charge in [0.1, 0.15) is 5.82 Å². The molecule has 0 unspecified atom stereocenters. The summed E-state index contributed by atoms with van der Waals surface area (Å²) >= 11 is 5.95. The van der Waals surface area contributed by atoms with Gasteiger partial charge >= 0.3 is 6.03 Å². The third-order valence-corrected chi connectivity index (χ3v) is 5.41. The lowest BCUT2D eigenvalue weighted by Crippen LogP contribution is -2.39. The average molecular weight is 461 g/mol. The summed E-state index contributed by atoms with van der Waals surface area (Å²) in [6.07, 6.45) is 1.50.